The summed E-state index contributed by atoms with van der Waals surface area (Å²) in [6.45, 7) is 10.4. The molecule has 0 aromatic carbocycles. The van der Waals surface area contributed by atoms with E-state index in [-0.39, 0.29) is 5.41 Å². The molecule has 0 aromatic heterocycles. The first-order chi connectivity index (χ1) is 8.56. The van der Waals surface area contributed by atoms with E-state index >= 15 is 0 Å². The Kier molecular flexibility index (Phi) is 6.61. The molecular formula is C15H32N2O. The smallest absolute Gasteiger partial charge is 0.0499 e. The van der Waals surface area contributed by atoms with Gasteiger partial charge >= 0.3 is 0 Å². The van der Waals surface area contributed by atoms with Gasteiger partial charge in [-0.05, 0) is 52.1 Å². The van der Waals surface area contributed by atoms with Crippen LogP contribution in [0.25, 0.3) is 0 Å². The molecule has 1 rings (SSSR count). The van der Waals surface area contributed by atoms with Crippen molar-refractivity contribution in [3.63, 3.8) is 0 Å². The van der Waals surface area contributed by atoms with Crippen molar-refractivity contribution in [2.24, 2.45) is 11.3 Å². The lowest BCUT2D eigenvalue weighted by Crippen LogP contribution is -2.47. The van der Waals surface area contributed by atoms with E-state index in [1.54, 1.807) is 0 Å². The highest BCUT2D eigenvalue weighted by Crippen LogP contribution is 2.26. The Morgan fingerprint density at radius 2 is 2.06 bits per heavy atom. The predicted octanol–water partition coefficient (Wildman–Crippen LogP) is 2.10. The molecule has 0 bridgehead atoms. The molecule has 1 saturated heterocycles. The first-order valence-electron chi connectivity index (χ1n) is 7.59. The van der Waals surface area contributed by atoms with Gasteiger partial charge in [-0.3, -0.25) is 0 Å². The van der Waals surface area contributed by atoms with Crippen LogP contribution in [0.15, 0.2) is 0 Å². The van der Waals surface area contributed by atoms with Crippen LogP contribution in [0.5, 0.6) is 0 Å². The van der Waals surface area contributed by atoms with Crippen LogP contribution in [0.1, 0.15) is 46.5 Å². The maximum Gasteiger partial charge on any atom is 0.0499 e. The van der Waals surface area contributed by atoms with Crippen molar-refractivity contribution >= 4 is 0 Å². The van der Waals surface area contributed by atoms with Crippen LogP contribution in [-0.2, 0) is 0 Å². The Bertz CT molecular complexity index is 220. The van der Waals surface area contributed by atoms with Gasteiger partial charge in [-0.2, -0.15) is 0 Å². The van der Waals surface area contributed by atoms with Gasteiger partial charge in [0, 0.05) is 31.2 Å². The number of nitrogens with one attached hydrogen (secondary N) is 1. The lowest BCUT2D eigenvalue weighted by atomic mass is 9.82. The SMILES string of the molecule is CCC(CC)(CO)CNC(C)C1CCCN(C)C1. The summed E-state index contributed by atoms with van der Waals surface area (Å²) in [6, 6.07) is 0.553. The fourth-order valence-corrected chi connectivity index (χ4v) is 2.94. The van der Waals surface area contributed by atoms with Crippen LogP contribution in [0, 0.1) is 11.3 Å². The monoisotopic (exact) mass is 256 g/mol. The number of hydrogen-bond acceptors (Lipinski definition) is 3. The summed E-state index contributed by atoms with van der Waals surface area (Å²) in [7, 11) is 2.22. The standard InChI is InChI=1S/C15H32N2O/c1-5-15(6-2,12-18)11-16-13(3)14-8-7-9-17(4)10-14/h13-14,16,18H,5-12H2,1-4H3. The molecule has 108 valence electrons. The first-order valence-corrected chi connectivity index (χ1v) is 7.59. The molecule has 1 heterocycles. The zero-order valence-electron chi connectivity index (χ0n) is 12.7. The zero-order valence-corrected chi connectivity index (χ0v) is 12.7. The van der Waals surface area contributed by atoms with Gasteiger partial charge in [0.2, 0.25) is 0 Å². The maximum absolute atomic E-state index is 9.59. The van der Waals surface area contributed by atoms with Gasteiger partial charge in [-0.15, -0.1) is 0 Å². The lowest BCUT2D eigenvalue weighted by molar-refractivity contribution is 0.101. The molecule has 0 spiro atoms. The van der Waals surface area contributed by atoms with Crippen LogP contribution in [0.4, 0.5) is 0 Å². The topological polar surface area (TPSA) is 35.5 Å². The third-order valence-electron chi connectivity index (χ3n) is 5.00. The Morgan fingerprint density at radius 1 is 1.39 bits per heavy atom. The predicted molar refractivity (Wildman–Crippen MR) is 77.8 cm³/mol. The largest absolute Gasteiger partial charge is 0.396 e. The summed E-state index contributed by atoms with van der Waals surface area (Å²) < 4.78 is 0. The minimum Gasteiger partial charge on any atom is -0.396 e. The molecule has 18 heavy (non-hydrogen) atoms. The van der Waals surface area contributed by atoms with E-state index in [2.05, 4.69) is 38.0 Å². The Hall–Kier alpha value is -0.120. The molecule has 2 N–H and O–H groups in total. The van der Waals surface area contributed by atoms with Crippen LogP contribution in [0.2, 0.25) is 0 Å². The minimum atomic E-state index is 0.0782. The average molecular weight is 256 g/mol. The molecule has 2 atom stereocenters. The van der Waals surface area contributed by atoms with Gasteiger partial charge < -0.3 is 15.3 Å². The van der Waals surface area contributed by atoms with Crippen LogP contribution in [-0.4, -0.2) is 49.3 Å². The van der Waals surface area contributed by atoms with Gasteiger partial charge in [0.1, 0.15) is 0 Å². The van der Waals surface area contributed by atoms with Gasteiger partial charge in [0.05, 0.1) is 0 Å². The number of hydrogen-bond donors (Lipinski definition) is 2. The molecule has 0 amide bonds. The summed E-state index contributed by atoms with van der Waals surface area (Å²) in [5, 5.41) is 13.3. The van der Waals surface area contributed by atoms with Gasteiger partial charge in [-0.25, -0.2) is 0 Å². The fraction of sp³-hybridized carbons (Fsp3) is 1.00. The first kappa shape index (κ1) is 15.9. The third kappa shape index (κ3) is 4.22. The highest BCUT2D eigenvalue weighted by Gasteiger charge is 2.28. The van der Waals surface area contributed by atoms with Crippen molar-refractivity contribution in [3.8, 4) is 0 Å². The van der Waals surface area contributed by atoms with Crippen molar-refractivity contribution < 1.29 is 5.11 Å². The molecule has 0 radical (unpaired) electrons. The highest BCUT2D eigenvalue weighted by molar-refractivity contribution is 4.84. The number of nitrogens with zero attached hydrogens (tertiary/aromatic N) is 1. The quantitative estimate of drug-likeness (QED) is 0.732. The van der Waals surface area contributed by atoms with E-state index in [0.717, 1.165) is 25.3 Å². The van der Waals surface area contributed by atoms with E-state index in [9.17, 15) is 5.11 Å². The van der Waals surface area contributed by atoms with Gasteiger partial charge in [-0.1, -0.05) is 13.8 Å². The molecule has 1 fully saturated rings. The fourth-order valence-electron chi connectivity index (χ4n) is 2.94. The summed E-state index contributed by atoms with van der Waals surface area (Å²) in [5.41, 5.74) is 0.0782. The van der Waals surface area contributed by atoms with Crippen LogP contribution < -0.4 is 5.32 Å². The molecule has 0 aliphatic carbocycles. The molecule has 2 unspecified atom stereocenters. The van der Waals surface area contributed by atoms with Crippen molar-refractivity contribution in [2.75, 3.05) is 33.3 Å². The lowest BCUT2D eigenvalue weighted by Gasteiger charge is -2.37. The second-order valence-corrected chi connectivity index (χ2v) is 6.20. The zero-order chi connectivity index (χ0) is 13.6. The van der Waals surface area contributed by atoms with E-state index in [4.69, 9.17) is 0 Å². The van der Waals surface area contributed by atoms with Crippen molar-refractivity contribution in [1.82, 2.24) is 10.2 Å². The summed E-state index contributed by atoms with van der Waals surface area (Å²) >= 11 is 0. The normalized spacial score (nSPS) is 24.2. The van der Waals surface area contributed by atoms with Crippen molar-refractivity contribution in [1.29, 1.82) is 0 Å². The minimum absolute atomic E-state index is 0.0782. The average Bonchev–Trinajstić information content (AvgIpc) is 2.40. The van der Waals surface area contributed by atoms with Crippen molar-refractivity contribution in [3.05, 3.63) is 0 Å². The van der Waals surface area contributed by atoms with E-state index in [1.165, 1.54) is 25.9 Å². The third-order valence-corrected chi connectivity index (χ3v) is 5.00. The number of piperidine rings is 1. The second-order valence-electron chi connectivity index (χ2n) is 6.20. The maximum atomic E-state index is 9.59. The van der Waals surface area contributed by atoms with E-state index in [1.807, 2.05) is 0 Å². The molecular weight excluding hydrogens is 224 g/mol. The Morgan fingerprint density at radius 3 is 2.56 bits per heavy atom. The van der Waals surface area contributed by atoms with E-state index < -0.39 is 0 Å². The summed E-state index contributed by atoms with van der Waals surface area (Å²) in [5.74, 6) is 0.758. The van der Waals surface area contributed by atoms with Gasteiger partial charge in [0.15, 0.2) is 0 Å². The summed E-state index contributed by atoms with van der Waals surface area (Å²) in [4.78, 5) is 2.44. The molecule has 0 saturated carbocycles. The number of aliphatic hydroxyl groups excluding tert-OH is 1. The Labute approximate surface area is 113 Å². The number of rotatable bonds is 7. The van der Waals surface area contributed by atoms with Gasteiger partial charge in [0.25, 0.3) is 0 Å². The second kappa shape index (κ2) is 7.46. The number of aliphatic hydroxyl groups is 1. The Balaban J connectivity index is 2.41. The molecule has 3 nitrogen and oxygen atoms in total. The summed E-state index contributed by atoms with van der Waals surface area (Å²) in [6.07, 6.45) is 4.75. The number of likely N-dealkylation sites (tertiary alicyclic amines) is 1. The van der Waals surface area contributed by atoms with E-state index in [0.29, 0.717) is 12.6 Å². The molecule has 1 aliphatic heterocycles. The highest BCUT2D eigenvalue weighted by atomic mass is 16.3. The van der Waals surface area contributed by atoms with Crippen molar-refractivity contribution in [2.45, 2.75) is 52.5 Å². The van der Waals surface area contributed by atoms with Crippen LogP contribution in [0.3, 0.4) is 0 Å². The molecule has 3 heteroatoms. The van der Waals surface area contributed by atoms with Crippen LogP contribution >= 0.6 is 0 Å². The molecule has 0 aromatic rings. The molecule has 1 aliphatic rings.